The highest BCUT2D eigenvalue weighted by Crippen LogP contribution is 2.19. The Balaban J connectivity index is 1.74. The lowest BCUT2D eigenvalue weighted by Crippen LogP contribution is -2.35. The van der Waals surface area contributed by atoms with Crippen molar-refractivity contribution in [2.45, 2.75) is 39.3 Å². The first-order valence-electron chi connectivity index (χ1n) is 7.77. The first-order valence-corrected chi connectivity index (χ1v) is 8.14. The summed E-state index contributed by atoms with van der Waals surface area (Å²) in [6.45, 7) is 4.49. The molecule has 6 nitrogen and oxygen atoms in total. The molecule has 0 aliphatic carbocycles. The lowest BCUT2D eigenvalue weighted by Gasteiger charge is -2.14. The molecular weight excluding hydrogens is 328 g/mol. The molecule has 24 heavy (non-hydrogen) atoms. The van der Waals surface area contributed by atoms with E-state index in [1.165, 1.54) is 0 Å². The number of nitrogens with one attached hydrogen (secondary N) is 2. The molecule has 0 fully saturated rings. The number of aromatic nitrogens is 2. The largest absolute Gasteiger partial charge is 0.353 e. The number of rotatable bonds is 7. The molecular formula is C17H21ClN4O2. The first kappa shape index (κ1) is 18.0. The molecule has 128 valence electrons. The highest BCUT2D eigenvalue weighted by atomic mass is 35.5. The summed E-state index contributed by atoms with van der Waals surface area (Å²) < 4.78 is 1.80. The van der Waals surface area contributed by atoms with E-state index >= 15 is 0 Å². The molecule has 0 bridgehead atoms. The number of amides is 2. The Morgan fingerprint density at radius 3 is 2.79 bits per heavy atom. The van der Waals surface area contributed by atoms with Crippen molar-refractivity contribution in [3.63, 3.8) is 0 Å². The van der Waals surface area contributed by atoms with Gasteiger partial charge in [-0.05, 0) is 44.0 Å². The Labute approximate surface area is 146 Å². The van der Waals surface area contributed by atoms with Gasteiger partial charge in [0, 0.05) is 35.7 Å². The average molecular weight is 349 g/mol. The fourth-order valence-electron chi connectivity index (χ4n) is 2.18. The van der Waals surface area contributed by atoms with E-state index in [0.29, 0.717) is 17.3 Å². The van der Waals surface area contributed by atoms with Crippen molar-refractivity contribution in [2.24, 2.45) is 0 Å². The van der Waals surface area contributed by atoms with Crippen LogP contribution in [0.5, 0.6) is 0 Å². The molecule has 2 aromatic rings. The highest BCUT2D eigenvalue weighted by Gasteiger charge is 2.13. The zero-order valence-electron chi connectivity index (χ0n) is 13.8. The summed E-state index contributed by atoms with van der Waals surface area (Å²) in [4.78, 5) is 23.8. The maximum absolute atomic E-state index is 11.9. The van der Waals surface area contributed by atoms with Gasteiger partial charge in [-0.25, -0.2) is 0 Å². The number of nitrogens with zero attached hydrogens (tertiary/aromatic N) is 2. The van der Waals surface area contributed by atoms with E-state index < -0.39 is 0 Å². The minimum atomic E-state index is -0.369. The summed E-state index contributed by atoms with van der Waals surface area (Å²) >= 11 is 6.01. The lowest BCUT2D eigenvalue weighted by molar-refractivity contribution is -0.127. The zero-order valence-corrected chi connectivity index (χ0v) is 14.5. The second-order valence-corrected chi connectivity index (χ2v) is 6.12. The van der Waals surface area contributed by atoms with Crippen LogP contribution in [0.4, 0.5) is 5.69 Å². The minimum Gasteiger partial charge on any atom is -0.353 e. The number of hydrogen-bond acceptors (Lipinski definition) is 3. The Morgan fingerprint density at radius 2 is 2.12 bits per heavy atom. The van der Waals surface area contributed by atoms with E-state index in [2.05, 4.69) is 15.7 Å². The monoisotopic (exact) mass is 348 g/mol. The molecule has 2 N–H and O–H groups in total. The van der Waals surface area contributed by atoms with Crippen molar-refractivity contribution in [2.75, 3.05) is 5.32 Å². The summed E-state index contributed by atoms with van der Waals surface area (Å²) in [6.07, 6.45) is 4.10. The molecule has 1 aromatic heterocycles. The molecule has 2 amide bonds. The van der Waals surface area contributed by atoms with Gasteiger partial charge in [0.15, 0.2) is 0 Å². The number of aryl methyl sites for hydroxylation is 2. The maximum Gasteiger partial charge on any atom is 0.233 e. The Kier molecular flexibility index (Phi) is 6.37. The van der Waals surface area contributed by atoms with E-state index in [1.54, 1.807) is 23.0 Å². The molecule has 7 heteroatoms. The van der Waals surface area contributed by atoms with E-state index in [1.807, 2.05) is 32.2 Å². The number of carbonyl (C=O) groups is 2. The van der Waals surface area contributed by atoms with Crippen molar-refractivity contribution in [1.29, 1.82) is 0 Å². The topological polar surface area (TPSA) is 76.0 Å². The summed E-state index contributed by atoms with van der Waals surface area (Å²) in [5.74, 6) is -0.676. The summed E-state index contributed by atoms with van der Waals surface area (Å²) in [5.41, 5.74) is 1.51. The van der Waals surface area contributed by atoms with Crippen molar-refractivity contribution < 1.29 is 9.59 Å². The summed E-state index contributed by atoms with van der Waals surface area (Å²) in [6, 6.07) is 7.05. The van der Waals surface area contributed by atoms with Crippen LogP contribution >= 0.6 is 11.6 Å². The van der Waals surface area contributed by atoms with Crippen LogP contribution in [0, 0.1) is 6.92 Å². The third-order valence-electron chi connectivity index (χ3n) is 3.53. The van der Waals surface area contributed by atoms with Gasteiger partial charge >= 0.3 is 0 Å². The first-order chi connectivity index (χ1) is 11.4. The maximum atomic E-state index is 11.9. The van der Waals surface area contributed by atoms with Crippen LogP contribution in [0.15, 0.2) is 36.7 Å². The second-order valence-electron chi connectivity index (χ2n) is 5.72. The van der Waals surface area contributed by atoms with Gasteiger partial charge in [0.2, 0.25) is 11.8 Å². The molecule has 0 aliphatic rings. The molecule has 1 atom stereocenters. The second kappa shape index (κ2) is 8.49. The molecule has 1 unspecified atom stereocenters. The third kappa shape index (κ3) is 5.70. The number of anilines is 1. The molecule has 1 aromatic carbocycles. The third-order valence-corrected chi connectivity index (χ3v) is 3.94. The molecule has 0 aliphatic heterocycles. The smallest absolute Gasteiger partial charge is 0.233 e. The Bertz CT molecular complexity index is 701. The number of benzene rings is 1. The van der Waals surface area contributed by atoms with Gasteiger partial charge in [0.05, 0.1) is 0 Å². The van der Waals surface area contributed by atoms with Gasteiger partial charge in [0.25, 0.3) is 0 Å². The van der Waals surface area contributed by atoms with Crippen molar-refractivity contribution >= 4 is 29.1 Å². The van der Waals surface area contributed by atoms with Gasteiger partial charge in [-0.3, -0.25) is 14.3 Å². The Hall–Kier alpha value is -2.34. The number of carbonyl (C=O) groups excluding carboxylic acids is 2. The van der Waals surface area contributed by atoms with Crippen molar-refractivity contribution in [3.05, 3.63) is 47.2 Å². The van der Waals surface area contributed by atoms with Crippen LogP contribution in [0.25, 0.3) is 0 Å². The highest BCUT2D eigenvalue weighted by molar-refractivity contribution is 6.31. The molecule has 0 saturated carbocycles. The standard InChI is InChI=1S/C17H21ClN4O2/c1-12-4-5-14(10-15(12)18)21-17(24)11-16(23)20-13(2)6-9-22-8-3-7-19-22/h3-5,7-8,10,13H,6,9,11H2,1-2H3,(H,20,23)(H,21,24). The molecule has 0 radical (unpaired) electrons. The van der Waals surface area contributed by atoms with Crippen molar-refractivity contribution in [3.8, 4) is 0 Å². The molecule has 0 saturated heterocycles. The van der Waals surface area contributed by atoms with E-state index in [0.717, 1.165) is 12.0 Å². The van der Waals surface area contributed by atoms with E-state index in [4.69, 9.17) is 11.6 Å². The molecule has 2 rings (SSSR count). The van der Waals surface area contributed by atoms with Crippen LogP contribution in [0.3, 0.4) is 0 Å². The SMILES string of the molecule is Cc1ccc(NC(=O)CC(=O)NC(C)CCn2cccn2)cc1Cl. The van der Waals surface area contributed by atoms with Gasteiger partial charge in [-0.2, -0.15) is 5.10 Å². The van der Waals surface area contributed by atoms with Crippen LogP contribution in [-0.4, -0.2) is 27.6 Å². The summed E-state index contributed by atoms with van der Waals surface area (Å²) in [5, 5.41) is 10.2. The lowest BCUT2D eigenvalue weighted by atomic mass is 10.2. The summed E-state index contributed by atoms with van der Waals surface area (Å²) in [7, 11) is 0. The fourth-order valence-corrected chi connectivity index (χ4v) is 2.36. The van der Waals surface area contributed by atoms with Gasteiger partial charge in [-0.1, -0.05) is 17.7 Å². The predicted molar refractivity (Wildman–Crippen MR) is 93.9 cm³/mol. The Morgan fingerprint density at radius 1 is 1.33 bits per heavy atom. The normalized spacial score (nSPS) is 11.8. The van der Waals surface area contributed by atoms with Gasteiger partial charge < -0.3 is 10.6 Å². The average Bonchev–Trinajstić information content (AvgIpc) is 3.02. The van der Waals surface area contributed by atoms with Crippen LogP contribution in [0.2, 0.25) is 5.02 Å². The fraction of sp³-hybridized carbons (Fsp3) is 0.353. The van der Waals surface area contributed by atoms with Crippen LogP contribution in [0.1, 0.15) is 25.3 Å². The number of hydrogen-bond donors (Lipinski definition) is 2. The molecule has 1 heterocycles. The zero-order chi connectivity index (χ0) is 17.5. The number of halogens is 1. The van der Waals surface area contributed by atoms with E-state index in [9.17, 15) is 9.59 Å². The minimum absolute atomic E-state index is 0.0386. The van der Waals surface area contributed by atoms with Crippen LogP contribution in [-0.2, 0) is 16.1 Å². The van der Waals surface area contributed by atoms with Crippen LogP contribution < -0.4 is 10.6 Å². The van der Waals surface area contributed by atoms with Gasteiger partial charge in [0.1, 0.15) is 6.42 Å². The predicted octanol–water partition coefficient (Wildman–Crippen LogP) is 2.77. The quantitative estimate of drug-likeness (QED) is 0.755. The van der Waals surface area contributed by atoms with E-state index in [-0.39, 0.29) is 24.3 Å². The van der Waals surface area contributed by atoms with Crippen molar-refractivity contribution in [1.82, 2.24) is 15.1 Å². The molecule has 0 spiro atoms. The van der Waals surface area contributed by atoms with Gasteiger partial charge in [-0.15, -0.1) is 0 Å².